The molecule has 0 spiro atoms. The van der Waals surface area contributed by atoms with Crippen molar-refractivity contribution in [3.05, 3.63) is 66.2 Å². The number of piperidine rings is 1. The minimum absolute atomic E-state index is 0.151. The fourth-order valence-electron chi connectivity index (χ4n) is 3.84. The van der Waals surface area contributed by atoms with Crippen molar-refractivity contribution >= 4 is 17.7 Å². The summed E-state index contributed by atoms with van der Waals surface area (Å²) < 4.78 is 7.39. The number of hydrogen-bond donors (Lipinski definition) is 0. The Morgan fingerprint density at radius 2 is 1.68 bits per heavy atom. The van der Waals surface area contributed by atoms with E-state index >= 15 is 0 Å². The standard InChI is InChI=1S/C24H28N4O2S/c1-30-18-17-28-22(20-13-7-3-8-14-20)25-26-24(28)31-21(19-11-5-2-6-12-19)23(29)27-15-9-4-10-16-27/h2-3,5-8,11-14,21H,4,9-10,15-18H2,1H3. The van der Waals surface area contributed by atoms with Crippen LogP contribution >= 0.6 is 11.8 Å². The van der Waals surface area contributed by atoms with Crippen LogP contribution in [0.3, 0.4) is 0 Å². The van der Waals surface area contributed by atoms with E-state index in [2.05, 4.69) is 14.8 Å². The third kappa shape index (κ3) is 5.17. The van der Waals surface area contributed by atoms with E-state index in [1.54, 1.807) is 7.11 Å². The Bertz CT molecular complexity index is 972. The van der Waals surface area contributed by atoms with Gasteiger partial charge >= 0.3 is 0 Å². The van der Waals surface area contributed by atoms with E-state index in [0.29, 0.717) is 13.2 Å². The van der Waals surface area contributed by atoms with E-state index in [4.69, 9.17) is 4.74 Å². The Labute approximate surface area is 187 Å². The molecule has 0 radical (unpaired) electrons. The second-order valence-electron chi connectivity index (χ2n) is 7.61. The average Bonchev–Trinajstić information content (AvgIpc) is 3.24. The molecule has 1 fully saturated rings. The molecule has 6 nitrogen and oxygen atoms in total. The van der Waals surface area contributed by atoms with Crippen LogP contribution < -0.4 is 0 Å². The SMILES string of the molecule is COCCn1c(SC(C(=O)N2CCCCC2)c2ccccc2)nnc1-c1ccccc1. The van der Waals surface area contributed by atoms with Gasteiger partial charge in [0, 0.05) is 25.8 Å². The molecule has 0 aliphatic carbocycles. The third-order valence-corrected chi connectivity index (χ3v) is 6.71. The molecule has 0 saturated carbocycles. The minimum Gasteiger partial charge on any atom is -0.383 e. The van der Waals surface area contributed by atoms with Gasteiger partial charge in [-0.2, -0.15) is 0 Å². The number of amides is 1. The van der Waals surface area contributed by atoms with E-state index in [1.165, 1.54) is 18.2 Å². The summed E-state index contributed by atoms with van der Waals surface area (Å²) in [5.41, 5.74) is 1.99. The van der Waals surface area contributed by atoms with Gasteiger partial charge in [-0.25, -0.2) is 0 Å². The van der Waals surface area contributed by atoms with Crippen molar-refractivity contribution in [1.82, 2.24) is 19.7 Å². The molecule has 1 atom stereocenters. The average molecular weight is 437 g/mol. The van der Waals surface area contributed by atoms with Crippen LogP contribution in [0.2, 0.25) is 0 Å². The molecule has 162 valence electrons. The van der Waals surface area contributed by atoms with Gasteiger partial charge < -0.3 is 9.64 Å². The van der Waals surface area contributed by atoms with Crippen molar-refractivity contribution in [2.45, 2.75) is 36.2 Å². The van der Waals surface area contributed by atoms with Crippen LogP contribution in [-0.4, -0.2) is 52.4 Å². The second kappa shape index (κ2) is 10.6. The number of methoxy groups -OCH3 is 1. The smallest absolute Gasteiger partial charge is 0.240 e. The Morgan fingerprint density at radius 3 is 2.35 bits per heavy atom. The number of carbonyl (C=O) groups excluding carboxylic acids is 1. The number of likely N-dealkylation sites (tertiary alicyclic amines) is 1. The molecule has 0 bridgehead atoms. The summed E-state index contributed by atoms with van der Waals surface area (Å²) in [6.45, 7) is 2.82. The van der Waals surface area contributed by atoms with Gasteiger partial charge in [-0.3, -0.25) is 9.36 Å². The predicted octanol–water partition coefficient (Wildman–Crippen LogP) is 4.44. The quantitative estimate of drug-likeness (QED) is 0.489. The maximum absolute atomic E-state index is 13.5. The highest BCUT2D eigenvalue weighted by Crippen LogP contribution is 2.37. The van der Waals surface area contributed by atoms with Gasteiger partial charge in [-0.1, -0.05) is 72.4 Å². The van der Waals surface area contributed by atoms with Gasteiger partial charge in [0.05, 0.1) is 13.2 Å². The fourth-order valence-corrected chi connectivity index (χ4v) is 4.98. The van der Waals surface area contributed by atoms with Gasteiger partial charge in [0.25, 0.3) is 0 Å². The fraction of sp³-hybridized carbons (Fsp3) is 0.375. The summed E-state index contributed by atoms with van der Waals surface area (Å²) in [5.74, 6) is 0.941. The number of carbonyl (C=O) groups is 1. The highest BCUT2D eigenvalue weighted by molar-refractivity contribution is 8.00. The molecule has 7 heteroatoms. The third-order valence-electron chi connectivity index (χ3n) is 5.49. The van der Waals surface area contributed by atoms with Crippen molar-refractivity contribution in [3.8, 4) is 11.4 Å². The zero-order valence-corrected chi connectivity index (χ0v) is 18.6. The first kappa shape index (κ1) is 21.6. The van der Waals surface area contributed by atoms with E-state index in [1.807, 2.05) is 65.6 Å². The number of benzene rings is 2. The number of nitrogens with zero attached hydrogens (tertiary/aromatic N) is 4. The summed E-state index contributed by atoms with van der Waals surface area (Å²) in [6, 6.07) is 20.0. The van der Waals surface area contributed by atoms with Crippen molar-refractivity contribution < 1.29 is 9.53 Å². The molecule has 1 unspecified atom stereocenters. The summed E-state index contributed by atoms with van der Waals surface area (Å²) in [6.07, 6.45) is 3.33. The highest BCUT2D eigenvalue weighted by atomic mass is 32.2. The van der Waals surface area contributed by atoms with Gasteiger partial charge in [-0.05, 0) is 24.8 Å². The summed E-state index contributed by atoms with van der Waals surface area (Å²) in [4.78, 5) is 15.5. The van der Waals surface area contributed by atoms with Gasteiger partial charge in [0.1, 0.15) is 5.25 Å². The largest absolute Gasteiger partial charge is 0.383 e. The van der Waals surface area contributed by atoms with Crippen LogP contribution in [0.15, 0.2) is 65.8 Å². The van der Waals surface area contributed by atoms with E-state index in [0.717, 1.165) is 48.0 Å². The first-order valence-electron chi connectivity index (χ1n) is 10.8. The lowest BCUT2D eigenvalue weighted by Gasteiger charge is -2.30. The first-order chi connectivity index (χ1) is 15.3. The Balaban J connectivity index is 1.67. The molecule has 0 N–H and O–H groups in total. The lowest BCUT2D eigenvalue weighted by molar-refractivity contribution is -0.131. The van der Waals surface area contributed by atoms with Gasteiger partial charge in [0.2, 0.25) is 5.91 Å². The van der Waals surface area contributed by atoms with Crippen LogP contribution in [0, 0.1) is 0 Å². The van der Waals surface area contributed by atoms with Gasteiger partial charge in [-0.15, -0.1) is 10.2 Å². The first-order valence-corrected chi connectivity index (χ1v) is 11.6. The van der Waals surface area contributed by atoms with Gasteiger partial charge in [0.15, 0.2) is 11.0 Å². The monoisotopic (exact) mass is 436 g/mol. The maximum atomic E-state index is 13.5. The summed E-state index contributed by atoms with van der Waals surface area (Å²) in [7, 11) is 1.69. The second-order valence-corrected chi connectivity index (χ2v) is 8.68. The number of ether oxygens (including phenoxy) is 1. The molecule has 2 aromatic carbocycles. The van der Waals surface area contributed by atoms with Crippen LogP contribution in [0.4, 0.5) is 0 Å². The molecule has 2 heterocycles. The molecule has 1 aliphatic rings. The number of aromatic nitrogens is 3. The van der Waals surface area contributed by atoms with Crippen molar-refractivity contribution in [1.29, 1.82) is 0 Å². The Morgan fingerprint density at radius 1 is 1.00 bits per heavy atom. The molecule has 1 saturated heterocycles. The van der Waals surface area contributed by atoms with Crippen LogP contribution in [-0.2, 0) is 16.1 Å². The molecule has 1 amide bonds. The molecule has 4 rings (SSSR count). The molecule has 3 aromatic rings. The highest BCUT2D eigenvalue weighted by Gasteiger charge is 2.30. The molecule has 1 aliphatic heterocycles. The summed E-state index contributed by atoms with van der Waals surface area (Å²) in [5, 5.41) is 9.34. The maximum Gasteiger partial charge on any atom is 0.240 e. The van der Waals surface area contributed by atoms with Crippen LogP contribution in [0.1, 0.15) is 30.1 Å². The van der Waals surface area contributed by atoms with E-state index < -0.39 is 0 Å². The predicted molar refractivity (Wildman–Crippen MR) is 123 cm³/mol. The van der Waals surface area contributed by atoms with Crippen LogP contribution in [0.25, 0.3) is 11.4 Å². The number of thioether (sulfide) groups is 1. The zero-order chi connectivity index (χ0) is 21.5. The van der Waals surface area contributed by atoms with Crippen LogP contribution in [0.5, 0.6) is 0 Å². The lowest BCUT2D eigenvalue weighted by atomic mass is 10.1. The molecular formula is C24H28N4O2S. The lowest BCUT2D eigenvalue weighted by Crippen LogP contribution is -2.38. The minimum atomic E-state index is -0.353. The summed E-state index contributed by atoms with van der Waals surface area (Å²) >= 11 is 1.48. The number of hydrogen-bond acceptors (Lipinski definition) is 5. The number of rotatable bonds is 8. The Kier molecular flexibility index (Phi) is 7.38. The van der Waals surface area contributed by atoms with E-state index in [9.17, 15) is 4.79 Å². The Hall–Kier alpha value is -2.64. The molecular weight excluding hydrogens is 408 g/mol. The topological polar surface area (TPSA) is 60.2 Å². The van der Waals surface area contributed by atoms with Crippen molar-refractivity contribution in [3.63, 3.8) is 0 Å². The molecule has 1 aromatic heterocycles. The van der Waals surface area contributed by atoms with Crippen molar-refractivity contribution in [2.24, 2.45) is 0 Å². The molecule has 31 heavy (non-hydrogen) atoms. The van der Waals surface area contributed by atoms with Crippen molar-refractivity contribution in [2.75, 3.05) is 26.8 Å². The normalized spacial score (nSPS) is 15.1. The van der Waals surface area contributed by atoms with E-state index in [-0.39, 0.29) is 11.2 Å². The zero-order valence-electron chi connectivity index (χ0n) is 17.8.